The largest absolute Gasteiger partial charge is 0.384 e. The van der Waals surface area contributed by atoms with Gasteiger partial charge < -0.3 is 9.88 Å². The summed E-state index contributed by atoms with van der Waals surface area (Å²) in [6.07, 6.45) is 4.19. The quantitative estimate of drug-likeness (QED) is 0.679. The van der Waals surface area contributed by atoms with Gasteiger partial charge in [-0.15, -0.1) is 0 Å². The number of nitrogens with one attached hydrogen (secondary N) is 1. The summed E-state index contributed by atoms with van der Waals surface area (Å²) in [6.45, 7) is 2.63. The van der Waals surface area contributed by atoms with Crippen molar-refractivity contribution in [2.75, 3.05) is 17.6 Å². The highest BCUT2D eigenvalue weighted by Crippen LogP contribution is 2.49. The maximum Gasteiger partial charge on any atom is 0.269 e. The highest BCUT2D eigenvalue weighted by molar-refractivity contribution is 8.24. The zero-order valence-corrected chi connectivity index (χ0v) is 15.9. The summed E-state index contributed by atoms with van der Waals surface area (Å²) in [5.41, 5.74) is 2.21. The molecular formula is C18H23ClN2O3S. The van der Waals surface area contributed by atoms with Crippen LogP contribution in [0.3, 0.4) is 0 Å². The van der Waals surface area contributed by atoms with Crippen LogP contribution in [0.5, 0.6) is 0 Å². The van der Waals surface area contributed by atoms with E-state index in [1.54, 1.807) is 38.4 Å². The summed E-state index contributed by atoms with van der Waals surface area (Å²) < 4.78 is 22.0. The topological polar surface area (TPSA) is 74.5 Å². The third-order valence-electron chi connectivity index (χ3n) is 4.50. The normalized spacial score (nSPS) is 15.2. The summed E-state index contributed by atoms with van der Waals surface area (Å²) in [7, 11) is -1.17. The van der Waals surface area contributed by atoms with Crippen molar-refractivity contribution in [2.24, 2.45) is 13.0 Å². The van der Waals surface area contributed by atoms with Gasteiger partial charge in [-0.25, -0.2) is 0 Å². The van der Waals surface area contributed by atoms with Gasteiger partial charge in [0.2, 0.25) is 0 Å². The van der Waals surface area contributed by atoms with Crippen LogP contribution in [0.4, 0.5) is 5.69 Å². The van der Waals surface area contributed by atoms with Crippen molar-refractivity contribution in [3.8, 4) is 11.1 Å². The van der Waals surface area contributed by atoms with E-state index in [0.29, 0.717) is 10.8 Å². The van der Waals surface area contributed by atoms with Gasteiger partial charge in [-0.3, -0.25) is 13.9 Å². The molecule has 136 valence electrons. The SMILES string of the molecule is CCS(O)(O)c1ccc(NCC2CC2)c(-c2cc(Cl)c(=O)n(C)c2)c1. The number of nitrogens with zero attached hydrogens (tertiary/aromatic N) is 1. The van der Waals surface area contributed by atoms with Gasteiger partial charge in [0.1, 0.15) is 5.02 Å². The standard InChI is InChI=1S/C18H23ClN2O3S/c1-3-25(23,24)14-6-7-17(20-10-12-4-5-12)15(9-14)13-8-16(19)18(22)21(2)11-13/h6-9,11-12,20,23-24H,3-5,10H2,1-2H3. The van der Waals surface area contributed by atoms with Gasteiger partial charge in [0, 0.05) is 42.4 Å². The molecule has 0 amide bonds. The highest BCUT2D eigenvalue weighted by atomic mass is 35.5. The summed E-state index contributed by atoms with van der Waals surface area (Å²) in [5, 5.41) is 3.58. The molecule has 3 rings (SSSR count). The molecule has 1 aliphatic rings. The molecule has 1 aromatic carbocycles. The molecular weight excluding hydrogens is 360 g/mol. The smallest absolute Gasteiger partial charge is 0.269 e. The molecule has 0 aliphatic heterocycles. The number of hydrogen-bond acceptors (Lipinski definition) is 4. The first-order valence-corrected chi connectivity index (χ1v) is 10.4. The fourth-order valence-corrected chi connectivity index (χ4v) is 3.86. The van der Waals surface area contributed by atoms with Crippen molar-refractivity contribution >= 4 is 27.9 Å². The van der Waals surface area contributed by atoms with Crippen LogP contribution in [0, 0.1) is 5.92 Å². The first-order valence-electron chi connectivity index (χ1n) is 8.32. The number of hydrogen-bond donors (Lipinski definition) is 3. The van der Waals surface area contributed by atoms with E-state index in [1.807, 2.05) is 6.07 Å². The molecule has 0 unspecified atom stereocenters. The molecule has 0 saturated heterocycles. The minimum Gasteiger partial charge on any atom is -0.384 e. The molecule has 1 fully saturated rings. The molecule has 0 radical (unpaired) electrons. The predicted octanol–water partition coefficient (Wildman–Crippen LogP) is 4.66. The van der Waals surface area contributed by atoms with Crippen molar-refractivity contribution in [1.82, 2.24) is 4.57 Å². The second-order valence-corrected chi connectivity index (χ2v) is 9.27. The average molecular weight is 383 g/mol. The Bertz CT molecular complexity index is 820. The van der Waals surface area contributed by atoms with E-state index in [1.165, 1.54) is 17.4 Å². The van der Waals surface area contributed by atoms with E-state index in [9.17, 15) is 13.9 Å². The second-order valence-electron chi connectivity index (χ2n) is 6.48. The summed E-state index contributed by atoms with van der Waals surface area (Å²) >= 11 is 6.07. The lowest BCUT2D eigenvalue weighted by Crippen LogP contribution is -2.16. The maximum absolute atomic E-state index is 11.9. The van der Waals surface area contributed by atoms with Gasteiger partial charge in [0.15, 0.2) is 0 Å². The van der Waals surface area contributed by atoms with Crippen LogP contribution in [0.1, 0.15) is 19.8 Å². The van der Waals surface area contributed by atoms with Crippen LogP contribution < -0.4 is 10.9 Å². The molecule has 1 aromatic heterocycles. The highest BCUT2D eigenvalue weighted by Gasteiger charge is 2.22. The molecule has 1 heterocycles. The molecule has 0 atom stereocenters. The van der Waals surface area contributed by atoms with E-state index >= 15 is 0 Å². The molecule has 0 spiro atoms. The minimum atomic E-state index is -2.82. The van der Waals surface area contributed by atoms with Crippen molar-refractivity contribution in [2.45, 2.75) is 24.7 Å². The number of anilines is 1. The first kappa shape index (κ1) is 18.3. The van der Waals surface area contributed by atoms with Crippen LogP contribution in [0.2, 0.25) is 5.02 Å². The van der Waals surface area contributed by atoms with Gasteiger partial charge in [0.05, 0.1) is 4.90 Å². The van der Waals surface area contributed by atoms with Gasteiger partial charge >= 0.3 is 0 Å². The lowest BCUT2D eigenvalue weighted by atomic mass is 10.1. The predicted molar refractivity (Wildman–Crippen MR) is 105 cm³/mol. The Morgan fingerprint density at radius 2 is 2.04 bits per heavy atom. The number of benzene rings is 1. The number of pyridine rings is 1. The van der Waals surface area contributed by atoms with Gasteiger partial charge in [-0.05, 0) is 49.9 Å². The molecule has 1 saturated carbocycles. The Kier molecular flexibility index (Phi) is 5.16. The molecule has 1 aliphatic carbocycles. The van der Waals surface area contributed by atoms with Crippen LogP contribution in [0.25, 0.3) is 11.1 Å². The average Bonchev–Trinajstić information content (AvgIpc) is 3.41. The summed E-state index contributed by atoms with van der Waals surface area (Å²) in [5.74, 6) is 0.960. The van der Waals surface area contributed by atoms with Crippen molar-refractivity contribution in [1.29, 1.82) is 0 Å². The van der Waals surface area contributed by atoms with Crippen molar-refractivity contribution in [3.05, 3.63) is 45.8 Å². The Labute approximate surface area is 154 Å². The minimum absolute atomic E-state index is 0.139. The zero-order chi connectivity index (χ0) is 18.2. The van der Waals surface area contributed by atoms with Crippen LogP contribution in [-0.2, 0) is 7.05 Å². The Balaban J connectivity index is 2.09. The third kappa shape index (κ3) is 4.03. The number of halogens is 1. The Morgan fingerprint density at radius 1 is 1.32 bits per heavy atom. The van der Waals surface area contributed by atoms with Crippen LogP contribution >= 0.6 is 22.2 Å². The molecule has 2 aromatic rings. The van der Waals surface area contributed by atoms with Crippen LogP contribution in [0.15, 0.2) is 40.2 Å². The van der Waals surface area contributed by atoms with E-state index in [0.717, 1.165) is 23.4 Å². The lowest BCUT2D eigenvalue weighted by molar-refractivity contribution is 0.488. The number of aromatic nitrogens is 1. The molecule has 25 heavy (non-hydrogen) atoms. The van der Waals surface area contributed by atoms with Gasteiger partial charge in [-0.1, -0.05) is 11.6 Å². The van der Waals surface area contributed by atoms with E-state index in [4.69, 9.17) is 11.6 Å². The summed E-state index contributed by atoms with van der Waals surface area (Å²) in [6, 6.07) is 7.03. The van der Waals surface area contributed by atoms with E-state index in [-0.39, 0.29) is 16.3 Å². The zero-order valence-electron chi connectivity index (χ0n) is 14.3. The Hall–Kier alpha value is -1.47. The monoisotopic (exact) mass is 382 g/mol. The van der Waals surface area contributed by atoms with Crippen molar-refractivity contribution < 1.29 is 9.11 Å². The van der Waals surface area contributed by atoms with Gasteiger partial charge in [-0.2, -0.15) is 10.6 Å². The van der Waals surface area contributed by atoms with E-state index < -0.39 is 10.6 Å². The number of aryl methyl sites for hydroxylation is 1. The molecule has 7 heteroatoms. The lowest BCUT2D eigenvalue weighted by Gasteiger charge is -2.31. The van der Waals surface area contributed by atoms with Gasteiger partial charge in [0.25, 0.3) is 5.56 Å². The fourth-order valence-electron chi connectivity index (χ4n) is 2.68. The second kappa shape index (κ2) is 7.03. The third-order valence-corrected chi connectivity index (χ3v) is 6.58. The molecule has 5 nitrogen and oxygen atoms in total. The molecule has 3 N–H and O–H groups in total. The first-order chi connectivity index (χ1) is 11.8. The summed E-state index contributed by atoms with van der Waals surface area (Å²) in [4.78, 5) is 12.4. The fraction of sp³-hybridized carbons (Fsp3) is 0.389. The van der Waals surface area contributed by atoms with E-state index in [2.05, 4.69) is 5.32 Å². The van der Waals surface area contributed by atoms with Crippen LogP contribution in [-0.4, -0.2) is 26.0 Å². The molecule has 0 bridgehead atoms. The van der Waals surface area contributed by atoms with Crippen molar-refractivity contribution in [3.63, 3.8) is 0 Å². The Morgan fingerprint density at radius 3 is 2.64 bits per heavy atom. The maximum atomic E-state index is 11.9. The number of rotatable bonds is 6.